The van der Waals surface area contributed by atoms with Crippen LogP contribution in [0.1, 0.15) is 66.7 Å². The SMILES string of the molecule is CCOC(=O)CC[C@@H]1CCCN1C1CCN(C(=O)OC(C)(C)C)CC1C. The van der Waals surface area contributed by atoms with E-state index in [2.05, 4.69) is 11.8 Å². The second-order valence-corrected chi connectivity index (χ2v) is 8.64. The van der Waals surface area contributed by atoms with Gasteiger partial charge in [0.2, 0.25) is 0 Å². The van der Waals surface area contributed by atoms with Crippen LogP contribution in [0.25, 0.3) is 0 Å². The molecule has 150 valence electrons. The van der Waals surface area contributed by atoms with Crippen molar-refractivity contribution in [2.45, 2.75) is 84.4 Å². The molecule has 2 rings (SSSR count). The van der Waals surface area contributed by atoms with Crippen molar-refractivity contribution in [1.82, 2.24) is 9.80 Å². The van der Waals surface area contributed by atoms with Crippen LogP contribution in [0.2, 0.25) is 0 Å². The van der Waals surface area contributed by atoms with Crippen molar-refractivity contribution in [2.24, 2.45) is 5.92 Å². The van der Waals surface area contributed by atoms with Gasteiger partial charge in [0.25, 0.3) is 0 Å². The third-order valence-electron chi connectivity index (χ3n) is 5.35. The minimum Gasteiger partial charge on any atom is -0.466 e. The second kappa shape index (κ2) is 9.07. The Kier molecular flexibility index (Phi) is 7.33. The molecule has 0 radical (unpaired) electrons. The zero-order valence-corrected chi connectivity index (χ0v) is 17.1. The number of carbonyl (C=O) groups is 2. The maximum atomic E-state index is 12.3. The van der Waals surface area contributed by atoms with Crippen molar-refractivity contribution in [3.05, 3.63) is 0 Å². The molecule has 1 amide bonds. The molecule has 3 atom stereocenters. The summed E-state index contributed by atoms with van der Waals surface area (Å²) in [5.74, 6) is 0.312. The highest BCUT2D eigenvalue weighted by Crippen LogP contribution is 2.31. The lowest BCUT2D eigenvalue weighted by molar-refractivity contribution is -0.143. The monoisotopic (exact) mass is 368 g/mol. The fourth-order valence-electron chi connectivity index (χ4n) is 4.24. The molecule has 0 N–H and O–H groups in total. The Bertz CT molecular complexity index is 489. The molecule has 2 saturated heterocycles. The normalized spacial score (nSPS) is 27.4. The molecule has 0 spiro atoms. The largest absolute Gasteiger partial charge is 0.466 e. The fraction of sp³-hybridized carbons (Fsp3) is 0.900. The van der Waals surface area contributed by atoms with Gasteiger partial charge in [0, 0.05) is 31.6 Å². The predicted molar refractivity (Wildman–Crippen MR) is 101 cm³/mol. The van der Waals surface area contributed by atoms with Crippen molar-refractivity contribution in [3.63, 3.8) is 0 Å². The van der Waals surface area contributed by atoms with Crippen LogP contribution in [0.3, 0.4) is 0 Å². The summed E-state index contributed by atoms with van der Waals surface area (Å²) in [7, 11) is 0. The third-order valence-corrected chi connectivity index (χ3v) is 5.35. The van der Waals surface area contributed by atoms with Gasteiger partial charge in [-0.2, -0.15) is 0 Å². The Morgan fingerprint density at radius 1 is 1.15 bits per heavy atom. The van der Waals surface area contributed by atoms with Crippen molar-refractivity contribution in [1.29, 1.82) is 0 Å². The molecule has 0 saturated carbocycles. The van der Waals surface area contributed by atoms with Gasteiger partial charge in [-0.3, -0.25) is 9.69 Å². The average molecular weight is 369 g/mol. The first kappa shape index (κ1) is 21.0. The van der Waals surface area contributed by atoms with Crippen LogP contribution in [-0.4, -0.2) is 65.8 Å². The lowest BCUT2D eigenvalue weighted by atomic mass is 9.91. The van der Waals surface area contributed by atoms with Crippen LogP contribution in [-0.2, 0) is 14.3 Å². The van der Waals surface area contributed by atoms with Crippen molar-refractivity contribution in [3.8, 4) is 0 Å². The summed E-state index contributed by atoms with van der Waals surface area (Å²) >= 11 is 0. The quantitative estimate of drug-likeness (QED) is 0.696. The molecule has 0 aromatic rings. The summed E-state index contributed by atoms with van der Waals surface area (Å²) in [6.45, 7) is 12.8. The summed E-state index contributed by atoms with van der Waals surface area (Å²) < 4.78 is 10.6. The smallest absolute Gasteiger partial charge is 0.410 e. The standard InChI is InChI=1S/C20H36N2O4/c1-6-25-18(23)10-9-16-8-7-12-22(16)17-11-13-21(14-15(17)2)19(24)26-20(3,4)5/h15-17H,6-14H2,1-5H3/t15?,16-,17?/m0/s1. The summed E-state index contributed by atoms with van der Waals surface area (Å²) in [5, 5.41) is 0. The van der Waals surface area contributed by atoms with Crippen LogP contribution in [0.5, 0.6) is 0 Å². The van der Waals surface area contributed by atoms with Gasteiger partial charge in [0.15, 0.2) is 0 Å². The van der Waals surface area contributed by atoms with E-state index >= 15 is 0 Å². The molecule has 6 nitrogen and oxygen atoms in total. The summed E-state index contributed by atoms with van der Waals surface area (Å²) in [5.41, 5.74) is -0.454. The highest BCUT2D eigenvalue weighted by Gasteiger charge is 2.38. The number of nitrogens with zero attached hydrogens (tertiary/aromatic N) is 2. The van der Waals surface area contributed by atoms with Crippen LogP contribution < -0.4 is 0 Å². The van der Waals surface area contributed by atoms with E-state index in [9.17, 15) is 9.59 Å². The maximum Gasteiger partial charge on any atom is 0.410 e. The molecular weight excluding hydrogens is 332 g/mol. The number of carbonyl (C=O) groups excluding carboxylic acids is 2. The zero-order chi connectivity index (χ0) is 19.3. The van der Waals surface area contributed by atoms with E-state index in [1.807, 2.05) is 32.6 Å². The number of hydrogen-bond donors (Lipinski definition) is 0. The Morgan fingerprint density at radius 3 is 2.50 bits per heavy atom. The maximum absolute atomic E-state index is 12.3. The predicted octanol–water partition coefficient (Wildman–Crippen LogP) is 3.44. The first-order valence-electron chi connectivity index (χ1n) is 10.1. The minimum atomic E-state index is -0.454. The zero-order valence-electron chi connectivity index (χ0n) is 17.1. The number of likely N-dealkylation sites (tertiary alicyclic amines) is 2. The van der Waals surface area contributed by atoms with E-state index in [-0.39, 0.29) is 12.1 Å². The fourth-order valence-corrected chi connectivity index (χ4v) is 4.24. The number of piperidine rings is 1. The second-order valence-electron chi connectivity index (χ2n) is 8.64. The van der Waals surface area contributed by atoms with E-state index in [1.54, 1.807) is 0 Å². The molecule has 2 heterocycles. The van der Waals surface area contributed by atoms with Crippen molar-refractivity contribution >= 4 is 12.1 Å². The van der Waals surface area contributed by atoms with E-state index in [1.165, 1.54) is 6.42 Å². The van der Waals surface area contributed by atoms with Gasteiger partial charge in [-0.25, -0.2) is 4.79 Å². The van der Waals surface area contributed by atoms with Gasteiger partial charge in [0.1, 0.15) is 5.60 Å². The van der Waals surface area contributed by atoms with Gasteiger partial charge < -0.3 is 14.4 Å². The molecular formula is C20H36N2O4. The van der Waals surface area contributed by atoms with E-state index in [4.69, 9.17) is 9.47 Å². The highest BCUT2D eigenvalue weighted by atomic mass is 16.6. The van der Waals surface area contributed by atoms with E-state index < -0.39 is 5.60 Å². The lowest BCUT2D eigenvalue weighted by Crippen LogP contribution is -2.53. The molecule has 2 aliphatic rings. The number of hydrogen-bond acceptors (Lipinski definition) is 5. The minimum absolute atomic E-state index is 0.0906. The Hall–Kier alpha value is -1.30. The Morgan fingerprint density at radius 2 is 1.88 bits per heavy atom. The van der Waals surface area contributed by atoms with Gasteiger partial charge in [-0.05, 0) is 65.8 Å². The summed E-state index contributed by atoms with van der Waals surface area (Å²) in [6.07, 6.45) is 4.47. The van der Waals surface area contributed by atoms with Crippen LogP contribution in [0, 0.1) is 5.92 Å². The molecule has 2 fully saturated rings. The van der Waals surface area contributed by atoms with Gasteiger partial charge >= 0.3 is 12.1 Å². The van der Waals surface area contributed by atoms with Crippen LogP contribution >= 0.6 is 0 Å². The summed E-state index contributed by atoms with van der Waals surface area (Å²) in [6, 6.07) is 0.934. The topological polar surface area (TPSA) is 59.1 Å². The van der Waals surface area contributed by atoms with Crippen LogP contribution in [0.4, 0.5) is 4.79 Å². The lowest BCUT2D eigenvalue weighted by Gasteiger charge is -2.43. The summed E-state index contributed by atoms with van der Waals surface area (Å²) in [4.78, 5) is 28.4. The van der Waals surface area contributed by atoms with Crippen molar-refractivity contribution < 1.29 is 19.1 Å². The van der Waals surface area contributed by atoms with Gasteiger partial charge in [-0.15, -0.1) is 0 Å². The molecule has 2 unspecified atom stereocenters. The van der Waals surface area contributed by atoms with E-state index in [0.717, 1.165) is 38.9 Å². The molecule has 0 aliphatic carbocycles. The van der Waals surface area contributed by atoms with Crippen LogP contribution in [0.15, 0.2) is 0 Å². The van der Waals surface area contributed by atoms with E-state index in [0.29, 0.717) is 31.0 Å². The van der Waals surface area contributed by atoms with Crippen molar-refractivity contribution in [2.75, 3.05) is 26.2 Å². The average Bonchev–Trinajstić information content (AvgIpc) is 2.99. The molecule has 0 aromatic carbocycles. The Balaban J connectivity index is 1.87. The number of amides is 1. The number of ether oxygens (including phenoxy) is 2. The Labute approximate surface area is 158 Å². The number of rotatable bonds is 5. The molecule has 26 heavy (non-hydrogen) atoms. The number of esters is 1. The third kappa shape index (κ3) is 5.86. The molecule has 2 aliphatic heterocycles. The molecule has 0 aromatic heterocycles. The van der Waals surface area contributed by atoms with Gasteiger partial charge in [0.05, 0.1) is 6.61 Å². The first-order valence-corrected chi connectivity index (χ1v) is 10.1. The van der Waals surface area contributed by atoms with Gasteiger partial charge in [-0.1, -0.05) is 6.92 Å². The molecule has 6 heteroatoms. The first-order chi connectivity index (χ1) is 12.2. The highest BCUT2D eigenvalue weighted by molar-refractivity contribution is 5.69. The molecule has 0 bridgehead atoms.